The van der Waals surface area contributed by atoms with E-state index in [2.05, 4.69) is 23.8 Å². The van der Waals surface area contributed by atoms with Crippen LogP contribution in [0.2, 0.25) is 0 Å². The van der Waals surface area contributed by atoms with Crippen LogP contribution in [0.5, 0.6) is 5.75 Å². The minimum absolute atomic E-state index is 0.108. The SMILES string of the molecule is CCN(CC)c1ccc(/C=N/n2c(N)cc(C)cc2=O)c(O)c1. The summed E-state index contributed by atoms with van der Waals surface area (Å²) >= 11 is 0. The molecule has 0 spiro atoms. The van der Waals surface area contributed by atoms with Gasteiger partial charge in [-0.25, -0.2) is 0 Å². The van der Waals surface area contributed by atoms with Crippen LogP contribution in [0.4, 0.5) is 11.5 Å². The van der Waals surface area contributed by atoms with Crippen molar-refractivity contribution in [2.75, 3.05) is 23.7 Å². The number of nitrogen functional groups attached to an aromatic ring is 1. The Balaban J connectivity index is 2.32. The van der Waals surface area contributed by atoms with Crippen molar-refractivity contribution in [2.45, 2.75) is 20.8 Å². The van der Waals surface area contributed by atoms with Crippen LogP contribution in [-0.2, 0) is 0 Å². The number of phenols is 1. The van der Waals surface area contributed by atoms with Crippen molar-refractivity contribution in [3.8, 4) is 5.75 Å². The maximum atomic E-state index is 11.9. The molecule has 0 fully saturated rings. The Bertz CT molecular complexity index is 777. The van der Waals surface area contributed by atoms with Gasteiger partial charge in [0.1, 0.15) is 11.6 Å². The first-order valence-corrected chi connectivity index (χ1v) is 7.57. The molecule has 0 bridgehead atoms. The van der Waals surface area contributed by atoms with Gasteiger partial charge in [-0.15, -0.1) is 0 Å². The summed E-state index contributed by atoms with van der Waals surface area (Å²) in [7, 11) is 0. The van der Waals surface area contributed by atoms with Crippen LogP contribution in [0.1, 0.15) is 25.0 Å². The molecule has 0 aliphatic heterocycles. The largest absolute Gasteiger partial charge is 0.507 e. The summed E-state index contributed by atoms with van der Waals surface area (Å²) in [6, 6.07) is 8.49. The van der Waals surface area contributed by atoms with Crippen LogP contribution in [0, 0.1) is 6.92 Å². The van der Waals surface area contributed by atoms with Gasteiger partial charge in [0.15, 0.2) is 0 Å². The fourth-order valence-corrected chi connectivity index (χ4v) is 2.39. The zero-order chi connectivity index (χ0) is 17.0. The van der Waals surface area contributed by atoms with Crippen LogP contribution in [0.3, 0.4) is 0 Å². The van der Waals surface area contributed by atoms with Crippen LogP contribution in [0.25, 0.3) is 0 Å². The van der Waals surface area contributed by atoms with E-state index in [1.54, 1.807) is 25.1 Å². The number of nitrogens with zero attached hydrogens (tertiary/aromatic N) is 3. The highest BCUT2D eigenvalue weighted by molar-refractivity contribution is 5.84. The van der Waals surface area contributed by atoms with Crippen molar-refractivity contribution in [1.29, 1.82) is 0 Å². The zero-order valence-electron chi connectivity index (χ0n) is 13.7. The average molecular weight is 314 g/mol. The zero-order valence-corrected chi connectivity index (χ0v) is 13.7. The van der Waals surface area contributed by atoms with Gasteiger partial charge in [0.2, 0.25) is 0 Å². The standard InChI is InChI=1S/C17H22N4O2/c1-4-20(5-2)14-7-6-13(15(22)10-14)11-19-21-16(18)8-12(3)9-17(21)23/h6-11,22H,4-5,18H2,1-3H3/b19-11+. The van der Waals surface area contributed by atoms with E-state index in [1.807, 2.05) is 6.07 Å². The quantitative estimate of drug-likeness (QED) is 0.829. The Hall–Kier alpha value is -2.76. The Morgan fingerprint density at radius 3 is 2.52 bits per heavy atom. The van der Waals surface area contributed by atoms with E-state index in [0.717, 1.165) is 29.0 Å². The number of aryl methyl sites for hydroxylation is 1. The molecule has 0 unspecified atom stereocenters. The summed E-state index contributed by atoms with van der Waals surface area (Å²) < 4.78 is 1.10. The molecule has 1 aromatic carbocycles. The molecule has 0 saturated carbocycles. The third-order valence-electron chi connectivity index (χ3n) is 3.63. The fraction of sp³-hybridized carbons (Fsp3) is 0.294. The van der Waals surface area contributed by atoms with Crippen LogP contribution in [0.15, 0.2) is 40.2 Å². The minimum Gasteiger partial charge on any atom is -0.507 e. The number of hydrogen-bond donors (Lipinski definition) is 2. The molecule has 0 aliphatic rings. The van der Waals surface area contributed by atoms with Gasteiger partial charge in [0.05, 0.1) is 6.21 Å². The molecule has 1 heterocycles. The van der Waals surface area contributed by atoms with Gasteiger partial charge in [0, 0.05) is 36.5 Å². The van der Waals surface area contributed by atoms with E-state index in [0.29, 0.717) is 5.56 Å². The number of anilines is 2. The average Bonchev–Trinajstić information content (AvgIpc) is 2.49. The molecule has 0 amide bonds. The normalized spacial score (nSPS) is 11.1. The Morgan fingerprint density at radius 2 is 1.96 bits per heavy atom. The number of phenolic OH excluding ortho intramolecular Hbond substituents is 1. The van der Waals surface area contributed by atoms with Crippen molar-refractivity contribution in [3.63, 3.8) is 0 Å². The number of aromatic nitrogens is 1. The van der Waals surface area contributed by atoms with Crippen molar-refractivity contribution < 1.29 is 5.11 Å². The molecule has 2 rings (SSSR count). The first-order chi connectivity index (χ1) is 11.0. The number of pyridine rings is 1. The summed E-state index contributed by atoms with van der Waals surface area (Å²) in [4.78, 5) is 14.0. The summed E-state index contributed by atoms with van der Waals surface area (Å²) in [6.07, 6.45) is 1.43. The highest BCUT2D eigenvalue weighted by Crippen LogP contribution is 2.23. The lowest BCUT2D eigenvalue weighted by atomic mass is 10.2. The van der Waals surface area contributed by atoms with E-state index < -0.39 is 0 Å². The molecular weight excluding hydrogens is 292 g/mol. The van der Waals surface area contributed by atoms with Gasteiger partial charge in [-0.3, -0.25) is 4.79 Å². The first kappa shape index (κ1) is 16.6. The third-order valence-corrected chi connectivity index (χ3v) is 3.63. The minimum atomic E-state index is -0.307. The predicted octanol–water partition coefficient (Wildman–Crippen LogP) is 2.17. The number of benzene rings is 1. The lowest BCUT2D eigenvalue weighted by Gasteiger charge is -2.21. The number of aromatic hydroxyl groups is 1. The smallest absolute Gasteiger partial charge is 0.273 e. The fourth-order valence-electron chi connectivity index (χ4n) is 2.39. The van der Waals surface area contributed by atoms with Gasteiger partial charge in [-0.2, -0.15) is 9.78 Å². The highest BCUT2D eigenvalue weighted by atomic mass is 16.3. The van der Waals surface area contributed by atoms with Crippen LogP contribution < -0.4 is 16.2 Å². The molecule has 6 heteroatoms. The van der Waals surface area contributed by atoms with E-state index in [9.17, 15) is 9.90 Å². The van der Waals surface area contributed by atoms with Gasteiger partial charge in [-0.05, 0) is 44.5 Å². The Labute approximate surface area is 135 Å². The van der Waals surface area contributed by atoms with E-state index in [1.165, 1.54) is 12.3 Å². The topological polar surface area (TPSA) is 83.8 Å². The van der Waals surface area contributed by atoms with E-state index >= 15 is 0 Å². The molecule has 6 nitrogen and oxygen atoms in total. The molecular formula is C17H22N4O2. The first-order valence-electron chi connectivity index (χ1n) is 7.57. The lowest BCUT2D eigenvalue weighted by molar-refractivity contribution is 0.474. The monoisotopic (exact) mass is 314 g/mol. The van der Waals surface area contributed by atoms with Crippen molar-refractivity contribution >= 4 is 17.7 Å². The molecule has 23 heavy (non-hydrogen) atoms. The second-order valence-electron chi connectivity index (χ2n) is 5.27. The number of rotatable bonds is 5. The summed E-state index contributed by atoms with van der Waals surface area (Å²) in [5, 5.41) is 14.2. The van der Waals surface area contributed by atoms with Crippen molar-refractivity contribution in [1.82, 2.24) is 4.68 Å². The predicted molar refractivity (Wildman–Crippen MR) is 94.5 cm³/mol. The molecule has 122 valence electrons. The van der Waals surface area contributed by atoms with Gasteiger partial charge >= 0.3 is 0 Å². The second kappa shape index (κ2) is 7.00. The molecule has 0 saturated heterocycles. The lowest BCUT2D eigenvalue weighted by Crippen LogP contribution is -2.21. The maximum Gasteiger partial charge on any atom is 0.273 e. The summed E-state index contributed by atoms with van der Waals surface area (Å²) in [6.45, 7) is 7.63. The second-order valence-corrected chi connectivity index (χ2v) is 5.27. The van der Waals surface area contributed by atoms with E-state index in [-0.39, 0.29) is 17.1 Å². The molecule has 3 N–H and O–H groups in total. The van der Waals surface area contributed by atoms with Crippen molar-refractivity contribution in [3.05, 3.63) is 51.8 Å². The highest BCUT2D eigenvalue weighted by Gasteiger charge is 2.06. The van der Waals surface area contributed by atoms with Gasteiger partial charge in [0.25, 0.3) is 5.56 Å². The maximum absolute atomic E-state index is 11.9. The summed E-state index contributed by atoms with van der Waals surface area (Å²) in [5.41, 5.74) is 7.74. The molecule has 1 aromatic heterocycles. The molecule has 0 radical (unpaired) electrons. The third kappa shape index (κ3) is 3.71. The summed E-state index contributed by atoms with van der Waals surface area (Å²) in [5.74, 6) is 0.363. The van der Waals surface area contributed by atoms with Crippen molar-refractivity contribution in [2.24, 2.45) is 5.10 Å². The number of nitrogens with two attached hydrogens (primary N) is 1. The molecule has 0 aliphatic carbocycles. The van der Waals surface area contributed by atoms with Crippen LogP contribution >= 0.6 is 0 Å². The number of hydrogen-bond acceptors (Lipinski definition) is 5. The molecule has 0 atom stereocenters. The Kier molecular flexibility index (Phi) is 5.05. The molecule has 2 aromatic rings. The Morgan fingerprint density at radius 1 is 1.26 bits per heavy atom. The van der Waals surface area contributed by atoms with Crippen LogP contribution in [-0.4, -0.2) is 29.1 Å². The van der Waals surface area contributed by atoms with Gasteiger partial charge < -0.3 is 15.7 Å². The van der Waals surface area contributed by atoms with E-state index in [4.69, 9.17) is 5.73 Å². The van der Waals surface area contributed by atoms with Gasteiger partial charge in [-0.1, -0.05) is 0 Å².